The van der Waals surface area contributed by atoms with E-state index in [0.29, 0.717) is 107 Å². The van der Waals surface area contributed by atoms with Gasteiger partial charge in [-0.25, -0.2) is 58.2 Å². The van der Waals surface area contributed by atoms with E-state index >= 15 is 0 Å². The number of carbonyl (C=O) groups excluding carboxylic acids is 7. The first-order valence-corrected chi connectivity index (χ1v) is 46.5. The third-order valence-corrected chi connectivity index (χ3v) is 25.7. The summed E-state index contributed by atoms with van der Waals surface area (Å²) in [7, 11) is 0. The number of nitrogens with zero attached hydrogens (tertiary/aromatic N) is 12. The van der Waals surface area contributed by atoms with Gasteiger partial charge in [-0.15, -0.1) is 13.2 Å². The van der Waals surface area contributed by atoms with Crippen molar-refractivity contribution in [3.63, 3.8) is 0 Å². The Morgan fingerprint density at radius 1 is 0.365 bits per heavy atom. The number of hydrogen-bond acceptors (Lipinski definition) is 17. The van der Waals surface area contributed by atoms with Gasteiger partial charge in [0.1, 0.15) is 17.4 Å². The Morgan fingerprint density at radius 2 is 0.804 bits per heavy atom. The molecule has 20 rings (SSSR count). The summed E-state index contributed by atoms with van der Waals surface area (Å²) in [5, 5.41) is 11.1. The number of H-pyrrole nitrogens is 1. The number of alkyl halides is 6. The minimum Gasteiger partial charge on any atom is -0.405 e. The SMILES string of the molecule is Cc1ccc(NC(=O)c2cc(-c3cccc4c3C(C)(C)C(=O)N4c3ncccn3)ccc2OC(F)(F)F)cc1.Cc1ccc(NC(=O)c2cc(-c3cccc4c3C(C)(C)C(=O)N4c3ncccn3)cnc2C)cc1.Cc1ccc(NC(=O)c2cc(-c3cccc4c3[nH]c(=O)n4-c3cccc(F)c3F)ccc2C)cc1.Cc1ccc(NC(=O)c2cc(-c3ccnc4c3C(C)(C)C(=O)N4c3ccccn3)cnc2C(F)(F)F)cc1C. The number of pyridine rings is 4. The minimum atomic E-state index is -5.00. The van der Waals surface area contributed by atoms with E-state index in [9.17, 15) is 73.5 Å². The van der Waals surface area contributed by atoms with Crippen molar-refractivity contribution in [1.29, 1.82) is 0 Å². The Bertz CT molecular complexity index is 8190. The first-order chi connectivity index (χ1) is 70.4. The Balaban J connectivity index is 0.000000135. The maximum absolute atomic E-state index is 14.5. The summed E-state index contributed by atoms with van der Waals surface area (Å²) in [6.07, 6.45) is 2.26. The first-order valence-electron chi connectivity index (χ1n) is 46.5. The predicted octanol–water partition coefficient (Wildman–Crippen LogP) is 24.4. The average Bonchev–Trinajstić information content (AvgIpc) is 1.58. The molecule has 3 aliphatic heterocycles. The molecule has 10 heterocycles. The summed E-state index contributed by atoms with van der Waals surface area (Å²) in [6.45, 7) is 24.0. The number of nitrogens with one attached hydrogen (secondary N) is 5. The van der Waals surface area contributed by atoms with Gasteiger partial charge in [-0.3, -0.25) is 48.1 Å². The number of hydrogen-bond donors (Lipinski definition) is 5. The topological polar surface area (TPSA) is 327 Å². The van der Waals surface area contributed by atoms with E-state index in [4.69, 9.17) is 0 Å². The molecule has 0 radical (unpaired) electrons. The van der Waals surface area contributed by atoms with Crippen molar-refractivity contribution >= 4 is 110 Å². The molecule has 26 nitrogen and oxygen atoms in total. The van der Waals surface area contributed by atoms with E-state index in [-0.39, 0.29) is 52.3 Å². The van der Waals surface area contributed by atoms with Gasteiger partial charge in [0.2, 0.25) is 29.6 Å². The van der Waals surface area contributed by atoms with Crippen molar-refractivity contribution in [1.82, 2.24) is 49.4 Å². The third kappa shape index (κ3) is 20.3. The molecular formula is C114H93F8N17O9. The van der Waals surface area contributed by atoms with Crippen LogP contribution in [-0.4, -0.2) is 97.1 Å². The molecule has 0 spiro atoms. The van der Waals surface area contributed by atoms with Crippen molar-refractivity contribution in [2.45, 2.75) is 119 Å². The number of halogens is 8. The molecule has 10 aromatic carbocycles. The van der Waals surface area contributed by atoms with Crippen LogP contribution in [0, 0.1) is 60.1 Å². The summed E-state index contributed by atoms with van der Waals surface area (Å²) >= 11 is 0. The van der Waals surface area contributed by atoms with Gasteiger partial charge in [0.15, 0.2) is 17.3 Å². The summed E-state index contributed by atoms with van der Waals surface area (Å²) in [5.74, 6) is -4.42. The highest BCUT2D eigenvalue weighted by Gasteiger charge is 2.51. The van der Waals surface area contributed by atoms with E-state index in [0.717, 1.165) is 90.4 Å². The van der Waals surface area contributed by atoms with Crippen molar-refractivity contribution in [3.05, 3.63) is 404 Å². The lowest BCUT2D eigenvalue weighted by Crippen LogP contribution is -2.34. The van der Waals surface area contributed by atoms with Crippen molar-refractivity contribution in [3.8, 4) is 55.9 Å². The molecule has 7 aromatic heterocycles. The Kier molecular flexibility index (Phi) is 27.7. The zero-order chi connectivity index (χ0) is 105. The van der Waals surface area contributed by atoms with E-state index in [2.05, 4.69) is 70.9 Å². The van der Waals surface area contributed by atoms with Crippen LogP contribution in [-0.2, 0) is 36.8 Å². The third-order valence-electron chi connectivity index (χ3n) is 25.7. The molecule has 148 heavy (non-hydrogen) atoms. The van der Waals surface area contributed by atoms with Crippen molar-refractivity contribution < 1.29 is 73.4 Å². The number of aryl methyl sites for hydroxylation is 7. The Labute approximate surface area is 843 Å². The second-order valence-corrected chi connectivity index (χ2v) is 37.1. The molecule has 0 unspecified atom stereocenters. The van der Waals surface area contributed by atoms with Gasteiger partial charge in [0.05, 0.1) is 66.7 Å². The lowest BCUT2D eigenvalue weighted by atomic mass is 9.81. The number of para-hydroxylation sites is 1. The van der Waals surface area contributed by atoms with Crippen LogP contribution in [0.25, 0.3) is 61.2 Å². The number of ether oxygens (including phenoxy) is 1. The van der Waals surface area contributed by atoms with Crippen LogP contribution in [0.4, 0.5) is 92.8 Å². The largest absolute Gasteiger partial charge is 0.573 e. The number of carbonyl (C=O) groups is 7. The second-order valence-electron chi connectivity index (χ2n) is 37.1. The molecule has 0 saturated carbocycles. The predicted molar refractivity (Wildman–Crippen MR) is 550 cm³/mol. The van der Waals surface area contributed by atoms with Crippen LogP contribution in [0.3, 0.4) is 0 Å². The van der Waals surface area contributed by atoms with Gasteiger partial charge < -0.3 is 31.0 Å². The van der Waals surface area contributed by atoms with Crippen LogP contribution in [0.1, 0.15) is 144 Å². The van der Waals surface area contributed by atoms with Gasteiger partial charge in [-0.1, -0.05) is 126 Å². The molecule has 744 valence electrons. The van der Waals surface area contributed by atoms with E-state index in [1.54, 1.807) is 179 Å². The highest BCUT2D eigenvalue weighted by atomic mass is 19.4. The number of anilines is 10. The molecule has 17 aromatic rings. The number of rotatable bonds is 17. The van der Waals surface area contributed by atoms with Crippen molar-refractivity contribution in [2.24, 2.45) is 0 Å². The Hall–Kier alpha value is -18.2. The number of fused-ring (bicyclic) bond motifs is 4. The van der Waals surface area contributed by atoms with Crippen LogP contribution in [0.5, 0.6) is 5.75 Å². The van der Waals surface area contributed by atoms with E-state index in [1.807, 2.05) is 147 Å². The summed E-state index contributed by atoms with van der Waals surface area (Å²) < 4.78 is 115. The summed E-state index contributed by atoms with van der Waals surface area (Å²) in [5.41, 5.74) is 12.4. The van der Waals surface area contributed by atoms with E-state index < -0.39 is 74.9 Å². The molecule has 0 saturated heterocycles. The molecule has 7 amide bonds. The maximum Gasteiger partial charge on any atom is 0.573 e. The highest BCUT2D eigenvalue weighted by molar-refractivity contribution is 6.17. The molecule has 0 bridgehead atoms. The average molecular weight is 2000 g/mol. The standard InChI is InChI=1S/C29H24F3N5O2.C29H23F3N4O3.C28H21F2N3O2.C28H25N5O2/c1-16-8-9-19(13-17(16)2)36-26(38)21-14-18(15-35-24(21)29(30,31)32)20-10-12-34-25-23(20)28(3,4)27(39)37(25)22-7-5-6-11-33-22;1-17-8-11-19(12-9-17)35-25(37)21-16-18(10-13-23(21)39-29(30,31)32)20-6-4-7-22-24(20)28(2,3)26(38)36(22)27-33-14-5-15-34-27;1-16-9-13-19(14-10-16)31-27(34)21-15-18(12-11-17(21)2)20-5-3-8-24-26(20)32-28(35)33(24)23-7-4-6-22(29)25(23)30;1-17-9-11-20(12-10-17)32-25(34)22-15-19(16-31-18(22)2)21-7-5-8-23-24(21)28(3,4)26(35)33(23)27-29-13-6-14-30-27/h5-15H,1-4H3,(H,36,38);4-16H,1-3H3,(H,35,37);3-15H,1-2H3,(H,31,34)(H,32,35);5-16H,1-4H3,(H,32,34). The van der Waals surface area contributed by atoms with Crippen LogP contribution < -0.4 is 46.4 Å². The molecule has 0 atom stereocenters. The number of imidazole rings is 1. The molecular weight excluding hydrogens is 1900 g/mol. The molecule has 5 N–H and O–H groups in total. The van der Waals surface area contributed by atoms with Crippen LogP contribution in [0.2, 0.25) is 0 Å². The maximum atomic E-state index is 14.5. The lowest BCUT2D eigenvalue weighted by Gasteiger charge is -2.20. The number of aromatic nitrogens is 10. The molecule has 0 fully saturated rings. The van der Waals surface area contributed by atoms with Gasteiger partial charge in [0, 0.05) is 100 Å². The number of aromatic amines is 1. The summed E-state index contributed by atoms with van der Waals surface area (Å²) in [4.78, 5) is 147. The van der Waals surface area contributed by atoms with Gasteiger partial charge in [-0.2, -0.15) is 13.2 Å². The fourth-order valence-electron chi connectivity index (χ4n) is 18.0. The first kappa shape index (κ1) is 101. The molecule has 34 heteroatoms. The normalized spacial score (nSPS) is 13.5. The molecule has 0 aliphatic carbocycles. The number of amides is 7. The Morgan fingerprint density at radius 3 is 1.35 bits per heavy atom. The molecule has 3 aliphatic rings. The minimum absolute atomic E-state index is 0.108. The van der Waals surface area contributed by atoms with Gasteiger partial charge >= 0.3 is 18.2 Å². The highest BCUT2D eigenvalue weighted by Crippen LogP contribution is 2.53. The summed E-state index contributed by atoms with van der Waals surface area (Å²) in [6, 6.07) is 69.4. The van der Waals surface area contributed by atoms with Crippen LogP contribution >= 0.6 is 0 Å². The fraction of sp³-hybridized carbons (Fsp3) is 0.158. The quantitative estimate of drug-likeness (QED) is 0.0529. The fourth-order valence-corrected chi connectivity index (χ4v) is 18.0. The monoisotopic (exact) mass is 2000 g/mol. The van der Waals surface area contributed by atoms with Crippen molar-refractivity contribution in [2.75, 3.05) is 36.0 Å². The van der Waals surface area contributed by atoms with Crippen LogP contribution in [0.15, 0.2) is 303 Å². The van der Waals surface area contributed by atoms with E-state index in [1.165, 1.54) is 52.7 Å². The zero-order valence-electron chi connectivity index (χ0n) is 81.9. The second kappa shape index (κ2) is 40.5. The smallest absolute Gasteiger partial charge is 0.405 e. The van der Waals surface area contributed by atoms with Gasteiger partial charge in [-0.05, 0) is 285 Å². The van der Waals surface area contributed by atoms with Gasteiger partial charge in [0.25, 0.3) is 23.6 Å². The lowest BCUT2D eigenvalue weighted by molar-refractivity contribution is -0.274. The zero-order valence-corrected chi connectivity index (χ0v) is 81.9. The number of benzene rings is 10.